The van der Waals surface area contributed by atoms with Crippen molar-refractivity contribution in [2.45, 2.75) is 39.7 Å². The zero-order chi connectivity index (χ0) is 16.4. The van der Waals surface area contributed by atoms with Gasteiger partial charge in [-0.3, -0.25) is 4.90 Å². The summed E-state index contributed by atoms with van der Waals surface area (Å²) >= 11 is 0. The summed E-state index contributed by atoms with van der Waals surface area (Å²) in [6.07, 6.45) is 2.09. The first-order valence-electron chi connectivity index (χ1n) is 8.73. The number of phenols is 1. The summed E-state index contributed by atoms with van der Waals surface area (Å²) in [7, 11) is 0. The Morgan fingerprint density at radius 2 is 1.87 bits per heavy atom. The number of hydrogen-bond donors (Lipinski definition) is 1. The molecular weight excluding hydrogens is 282 g/mol. The van der Waals surface area contributed by atoms with E-state index in [-0.39, 0.29) is 0 Å². The van der Waals surface area contributed by atoms with Crippen molar-refractivity contribution in [3.05, 3.63) is 64.7 Å². The number of fused-ring (bicyclic) bond motifs is 1. The molecule has 1 N–H and O–H groups in total. The third-order valence-electron chi connectivity index (χ3n) is 4.76. The SMILES string of the molecule is CCc1ccc([C@@H]2c3ccc(O)cc3CCN2CC(C)C)cc1. The van der Waals surface area contributed by atoms with Crippen molar-refractivity contribution in [1.29, 1.82) is 0 Å². The van der Waals surface area contributed by atoms with Crippen LogP contribution in [0.2, 0.25) is 0 Å². The molecule has 0 aromatic heterocycles. The number of aryl methyl sites for hydroxylation is 1. The first kappa shape index (κ1) is 16.1. The molecule has 0 saturated carbocycles. The quantitative estimate of drug-likeness (QED) is 0.895. The molecule has 122 valence electrons. The van der Waals surface area contributed by atoms with Crippen LogP contribution in [-0.4, -0.2) is 23.1 Å². The normalized spacial score (nSPS) is 18.2. The van der Waals surface area contributed by atoms with Crippen LogP contribution in [0.3, 0.4) is 0 Å². The third kappa shape index (κ3) is 3.42. The van der Waals surface area contributed by atoms with Crippen LogP contribution in [0, 0.1) is 5.92 Å². The van der Waals surface area contributed by atoms with Gasteiger partial charge in [0.2, 0.25) is 0 Å². The molecule has 1 aliphatic rings. The summed E-state index contributed by atoms with van der Waals surface area (Å²) < 4.78 is 0. The van der Waals surface area contributed by atoms with Crippen LogP contribution in [0.1, 0.15) is 49.1 Å². The maximum Gasteiger partial charge on any atom is 0.115 e. The number of aromatic hydroxyl groups is 1. The third-order valence-corrected chi connectivity index (χ3v) is 4.76. The van der Waals surface area contributed by atoms with E-state index >= 15 is 0 Å². The Kier molecular flexibility index (Phi) is 4.72. The number of phenolic OH excluding ortho intramolecular Hbond substituents is 1. The average Bonchev–Trinajstić information content (AvgIpc) is 2.54. The minimum Gasteiger partial charge on any atom is -0.508 e. The van der Waals surface area contributed by atoms with E-state index in [1.165, 1.54) is 22.3 Å². The highest BCUT2D eigenvalue weighted by Crippen LogP contribution is 2.37. The lowest BCUT2D eigenvalue weighted by Gasteiger charge is -2.38. The Balaban J connectivity index is 2.02. The largest absolute Gasteiger partial charge is 0.508 e. The molecule has 23 heavy (non-hydrogen) atoms. The van der Waals surface area contributed by atoms with Crippen LogP contribution < -0.4 is 0 Å². The molecule has 2 aromatic rings. The number of rotatable bonds is 4. The highest BCUT2D eigenvalue weighted by atomic mass is 16.3. The van der Waals surface area contributed by atoms with Crippen LogP contribution in [0.4, 0.5) is 0 Å². The number of hydrogen-bond acceptors (Lipinski definition) is 2. The van der Waals surface area contributed by atoms with Gasteiger partial charge in [0.1, 0.15) is 5.75 Å². The van der Waals surface area contributed by atoms with Crippen molar-refractivity contribution in [3.63, 3.8) is 0 Å². The summed E-state index contributed by atoms with van der Waals surface area (Å²) in [6, 6.07) is 15.2. The van der Waals surface area contributed by atoms with Crippen LogP contribution >= 0.6 is 0 Å². The lowest BCUT2D eigenvalue weighted by Crippen LogP contribution is -2.38. The van der Waals surface area contributed by atoms with E-state index < -0.39 is 0 Å². The average molecular weight is 309 g/mol. The Morgan fingerprint density at radius 1 is 1.13 bits per heavy atom. The van der Waals surface area contributed by atoms with Crippen molar-refractivity contribution in [1.82, 2.24) is 4.90 Å². The molecule has 3 rings (SSSR count). The minimum atomic E-state index is 0.299. The van der Waals surface area contributed by atoms with E-state index in [2.05, 4.69) is 56.0 Å². The van der Waals surface area contributed by atoms with E-state index in [4.69, 9.17) is 0 Å². The molecule has 0 amide bonds. The second kappa shape index (κ2) is 6.76. The molecule has 0 aliphatic carbocycles. The summed E-state index contributed by atoms with van der Waals surface area (Å²) in [5.41, 5.74) is 5.37. The Bertz CT molecular complexity index is 660. The summed E-state index contributed by atoms with van der Waals surface area (Å²) in [6.45, 7) is 8.90. The molecule has 0 saturated heterocycles. The van der Waals surface area contributed by atoms with Crippen molar-refractivity contribution in [2.24, 2.45) is 5.92 Å². The van der Waals surface area contributed by atoms with Gasteiger partial charge in [0.15, 0.2) is 0 Å². The standard InChI is InChI=1S/C21H27NO/c1-4-16-5-7-17(8-6-16)21-20-10-9-19(23)13-18(20)11-12-22(21)14-15(2)3/h5-10,13,15,21,23H,4,11-12,14H2,1-3H3/t21-/m1/s1. The predicted octanol–water partition coefficient (Wildman–Crippen LogP) is 4.56. The zero-order valence-corrected chi connectivity index (χ0v) is 14.4. The fraction of sp³-hybridized carbons (Fsp3) is 0.429. The molecule has 0 bridgehead atoms. The van der Waals surface area contributed by atoms with Gasteiger partial charge in [0.05, 0.1) is 6.04 Å². The first-order valence-corrected chi connectivity index (χ1v) is 8.73. The number of benzene rings is 2. The molecule has 1 aliphatic heterocycles. The second-order valence-electron chi connectivity index (χ2n) is 7.02. The lowest BCUT2D eigenvalue weighted by molar-refractivity contribution is 0.190. The minimum absolute atomic E-state index is 0.299. The molecule has 0 unspecified atom stereocenters. The summed E-state index contributed by atoms with van der Waals surface area (Å²) in [5, 5.41) is 9.81. The van der Waals surface area contributed by atoms with Gasteiger partial charge in [-0.05, 0) is 53.1 Å². The van der Waals surface area contributed by atoms with E-state index in [1.54, 1.807) is 0 Å². The summed E-state index contributed by atoms with van der Waals surface area (Å²) in [4.78, 5) is 2.59. The van der Waals surface area contributed by atoms with Gasteiger partial charge in [-0.1, -0.05) is 51.1 Å². The van der Waals surface area contributed by atoms with Crippen molar-refractivity contribution in [3.8, 4) is 5.75 Å². The molecule has 1 heterocycles. The van der Waals surface area contributed by atoms with Gasteiger partial charge in [-0.15, -0.1) is 0 Å². The van der Waals surface area contributed by atoms with E-state index in [1.807, 2.05) is 12.1 Å². The molecule has 2 heteroatoms. The van der Waals surface area contributed by atoms with Gasteiger partial charge in [0.25, 0.3) is 0 Å². The second-order valence-corrected chi connectivity index (χ2v) is 7.02. The zero-order valence-electron chi connectivity index (χ0n) is 14.4. The fourth-order valence-electron chi connectivity index (χ4n) is 3.66. The molecule has 0 radical (unpaired) electrons. The first-order chi connectivity index (χ1) is 11.1. The predicted molar refractivity (Wildman–Crippen MR) is 95.9 cm³/mol. The van der Waals surface area contributed by atoms with E-state index in [0.29, 0.717) is 17.7 Å². The van der Waals surface area contributed by atoms with Crippen LogP contribution in [0.5, 0.6) is 5.75 Å². The maximum absolute atomic E-state index is 9.81. The fourth-order valence-corrected chi connectivity index (χ4v) is 3.66. The van der Waals surface area contributed by atoms with E-state index in [9.17, 15) is 5.11 Å². The van der Waals surface area contributed by atoms with Crippen molar-refractivity contribution in [2.75, 3.05) is 13.1 Å². The monoisotopic (exact) mass is 309 g/mol. The Hall–Kier alpha value is -1.80. The molecule has 0 fully saturated rings. The van der Waals surface area contributed by atoms with Crippen LogP contribution in [0.25, 0.3) is 0 Å². The summed E-state index contributed by atoms with van der Waals surface area (Å²) in [5.74, 6) is 1.02. The smallest absolute Gasteiger partial charge is 0.115 e. The molecule has 1 atom stereocenters. The molecular formula is C21H27NO. The van der Waals surface area contributed by atoms with Crippen molar-refractivity contribution < 1.29 is 5.11 Å². The highest BCUT2D eigenvalue weighted by Gasteiger charge is 2.29. The Labute approximate surface area is 139 Å². The van der Waals surface area contributed by atoms with Crippen LogP contribution in [-0.2, 0) is 12.8 Å². The van der Waals surface area contributed by atoms with Gasteiger partial charge < -0.3 is 5.11 Å². The lowest BCUT2D eigenvalue weighted by atomic mass is 9.87. The molecule has 2 aromatic carbocycles. The maximum atomic E-state index is 9.81. The van der Waals surface area contributed by atoms with Gasteiger partial charge >= 0.3 is 0 Å². The van der Waals surface area contributed by atoms with Gasteiger partial charge in [-0.2, -0.15) is 0 Å². The topological polar surface area (TPSA) is 23.5 Å². The highest BCUT2D eigenvalue weighted by molar-refractivity contribution is 5.43. The molecule has 0 spiro atoms. The van der Waals surface area contributed by atoms with Crippen molar-refractivity contribution >= 4 is 0 Å². The van der Waals surface area contributed by atoms with E-state index in [0.717, 1.165) is 25.9 Å². The molecule has 2 nitrogen and oxygen atoms in total. The Morgan fingerprint density at radius 3 is 2.52 bits per heavy atom. The van der Waals surface area contributed by atoms with Gasteiger partial charge in [0, 0.05) is 13.1 Å². The van der Waals surface area contributed by atoms with Crippen LogP contribution in [0.15, 0.2) is 42.5 Å². The number of nitrogens with zero attached hydrogens (tertiary/aromatic N) is 1. The van der Waals surface area contributed by atoms with Gasteiger partial charge in [-0.25, -0.2) is 0 Å².